The third-order valence-electron chi connectivity index (χ3n) is 6.37. The van der Waals surface area contributed by atoms with Gasteiger partial charge in [0.25, 0.3) is 0 Å². The zero-order valence-electron chi connectivity index (χ0n) is 21.3. The number of hydrogen-bond acceptors (Lipinski definition) is 7. The highest BCUT2D eigenvalue weighted by Gasteiger charge is 2.28. The SMILES string of the molecule is CNc1cnc(N(C(=O)OCc2ccccc2)c2ccc(OC)cc2C)cc1N(C=O)C1CCOCC1. The molecule has 4 rings (SSSR count). The van der Waals surface area contributed by atoms with E-state index in [1.165, 1.54) is 4.90 Å². The fourth-order valence-corrected chi connectivity index (χ4v) is 4.37. The van der Waals surface area contributed by atoms with Gasteiger partial charge in [0.2, 0.25) is 6.41 Å². The normalized spacial score (nSPS) is 13.5. The number of ether oxygens (including phenoxy) is 3. The molecule has 1 N–H and O–H groups in total. The van der Waals surface area contributed by atoms with Gasteiger partial charge in [0.15, 0.2) is 0 Å². The van der Waals surface area contributed by atoms with Gasteiger partial charge < -0.3 is 24.4 Å². The smallest absolute Gasteiger partial charge is 0.420 e. The van der Waals surface area contributed by atoms with E-state index < -0.39 is 6.09 Å². The van der Waals surface area contributed by atoms with Crippen LogP contribution < -0.4 is 19.9 Å². The van der Waals surface area contributed by atoms with Gasteiger partial charge in [-0.15, -0.1) is 0 Å². The predicted octanol–water partition coefficient (Wildman–Crippen LogP) is 5.06. The molecule has 0 spiro atoms. The van der Waals surface area contributed by atoms with Crippen LogP contribution in [0.4, 0.5) is 27.7 Å². The standard InChI is InChI=1S/C28H32N4O5/c1-20-15-23(35-3)9-10-25(20)32(28(34)37-18-21-7-5-4-6-8-21)27-16-26(24(29-2)17-30-27)31(19-33)22-11-13-36-14-12-22/h4-10,15-17,19,22,29H,11-14,18H2,1-3H3. The van der Waals surface area contributed by atoms with Crippen molar-refractivity contribution < 1.29 is 23.8 Å². The zero-order chi connectivity index (χ0) is 26.2. The second-order valence-corrected chi connectivity index (χ2v) is 8.69. The molecule has 0 radical (unpaired) electrons. The molecule has 0 aliphatic carbocycles. The maximum Gasteiger partial charge on any atom is 0.420 e. The molecule has 9 heteroatoms. The number of hydrogen-bond donors (Lipinski definition) is 1. The Morgan fingerprint density at radius 1 is 1.14 bits per heavy atom. The van der Waals surface area contributed by atoms with Crippen LogP contribution in [0.5, 0.6) is 5.75 Å². The van der Waals surface area contributed by atoms with Crippen molar-refractivity contribution in [3.05, 3.63) is 71.9 Å². The van der Waals surface area contributed by atoms with Gasteiger partial charge in [0, 0.05) is 32.4 Å². The molecule has 0 unspecified atom stereocenters. The first-order valence-corrected chi connectivity index (χ1v) is 12.2. The molecular weight excluding hydrogens is 472 g/mol. The van der Waals surface area contributed by atoms with Crippen LogP contribution in [0, 0.1) is 6.92 Å². The van der Waals surface area contributed by atoms with Crippen LogP contribution in [0.25, 0.3) is 0 Å². The number of anilines is 4. The number of rotatable bonds is 9. The second kappa shape index (κ2) is 12.2. The van der Waals surface area contributed by atoms with Crippen molar-refractivity contribution >= 4 is 35.4 Å². The summed E-state index contributed by atoms with van der Waals surface area (Å²) >= 11 is 0. The largest absolute Gasteiger partial charge is 0.497 e. The lowest BCUT2D eigenvalue weighted by Crippen LogP contribution is -2.39. The number of carbonyl (C=O) groups is 2. The van der Waals surface area contributed by atoms with Crippen molar-refractivity contribution in [2.75, 3.05) is 42.5 Å². The average Bonchev–Trinajstić information content (AvgIpc) is 2.94. The van der Waals surface area contributed by atoms with Crippen molar-refractivity contribution in [1.29, 1.82) is 0 Å². The van der Waals surface area contributed by atoms with Crippen LogP contribution in [0.3, 0.4) is 0 Å². The minimum Gasteiger partial charge on any atom is -0.497 e. The highest BCUT2D eigenvalue weighted by Crippen LogP contribution is 2.36. The molecule has 1 aliphatic heterocycles. The van der Waals surface area contributed by atoms with Gasteiger partial charge in [-0.3, -0.25) is 4.79 Å². The zero-order valence-corrected chi connectivity index (χ0v) is 21.3. The summed E-state index contributed by atoms with van der Waals surface area (Å²) in [5.41, 5.74) is 3.56. The van der Waals surface area contributed by atoms with E-state index in [2.05, 4.69) is 10.3 Å². The molecule has 0 bridgehead atoms. The molecule has 9 nitrogen and oxygen atoms in total. The number of aromatic nitrogens is 1. The molecule has 0 atom stereocenters. The quantitative estimate of drug-likeness (QED) is 0.407. The molecule has 37 heavy (non-hydrogen) atoms. The van der Waals surface area contributed by atoms with Crippen LogP contribution in [0.15, 0.2) is 60.8 Å². The van der Waals surface area contributed by atoms with E-state index in [1.807, 2.05) is 43.3 Å². The number of carbonyl (C=O) groups excluding carboxylic acids is 2. The Labute approximate surface area is 217 Å². The Morgan fingerprint density at radius 2 is 1.89 bits per heavy atom. The Bertz CT molecular complexity index is 1210. The summed E-state index contributed by atoms with van der Waals surface area (Å²) in [6.45, 7) is 3.17. The van der Waals surface area contributed by atoms with E-state index in [-0.39, 0.29) is 12.6 Å². The van der Waals surface area contributed by atoms with Gasteiger partial charge in [0.05, 0.1) is 30.4 Å². The van der Waals surface area contributed by atoms with Gasteiger partial charge >= 0.3 is 6.09 Å². The van der Waals surface area contributed by atoms with Crippen molar-refractivity contribution in [1.82, 2.24) is 4.98 Å². The van der Waals surface area contributed by atoms with Gasteiger partial charge in [-0.05, 0) is 49.1 Å². The number of nitrogens with one attached hydrogen (secondary N) is 1. The second-order valence-electron chi connectivity index (χ2n) is 8.69. The minimum absolute atomic E-state index is 0.0187. The predicted molar refractivity (Wildman–Crippen MR) is 143 cm³/mol. The molecule has 3 aromatic rings. The molecular formula is C28H32N4O5. The third kappa shape index (κ3) is 6.00. The average molecular weight is 505 g/mol. The van der Waals surface area contributed by atoms with Crippen molar-refractivity contribution in [3.63, 3.8) is 0 Å². The Balaban J connectivity index is 1.75. The Hall–Kier alpha value is -4.11. The van der Waals surface area contributed by atoms with Crippen molar-refractivity contribution in [3.8, 4) is 5.75 Å². The lowest BCUT2D eigenvalue weighted by molar-refractivity contribution is -0.108. The molecule has 1 aromatic heterocycles. The molecule has 1 saturated heterocycles. The number of nitrogens with zero attached hydrogens (tertiary/aromatic N) is 3. The summed E-state index contributed by atoms with van der Waals surface area (Å²) < 4.78 is 16.5. The maximum atomic E-state index is 13.5. The first kappa shape index (κ1) is 26.0. The Kier molecular flexibility index (Phi) is 8.58. The summed E-state index contributed by atoms with van der Waals surface area (Å²) in [6.07, 6.45) is 3.31. The van der Waals surface area contributed by atoms with E-state index in [4.69, 9.17) is 14.2 Å². The molecule has 194 valence electrons. The van der Waals surface area contributed by atoms with E-state index in [0.29, 0.717) is 41.8 Å². The molecule has 2 heterocycles. The van der Waals surface area contributed by atoms with Crippen LogP contribution in [0.1, 0.15) is 24.0 Å². The van der Waals surface area contributed by atoms with E-state index in [1.54, 1.807) is 43.5 Å². The summed E-state index contributed by atoms with van der Waals surface area (Å²) in [5.74, 6) is 1.00. The lowest BCUT2D eigenvalue weighted by Gasteiger charge is -2.33. The van der Waals surface area contributed by atoms with Gasteiger partial charge in [0.1, 0.15) is 18.2 Å². The molecule has 1 fully saturated rings. The van der Waals surface area contributed by atoms with Crippen molar-refractivity contribution in [2.24, 2.45) is 0 Å². The third-order valence-corrected chi connectivity index (χ3v) is 6.37. The summed E-state index contributed by atoms with van der Waals surface area (Å²) in [6, 6.07) is 16.6. The highest BCUT2D eigenvalue weighted by atomic mass is 16.6. The Morgan fingerprint density at radius 3 is 2.54 bits per heavy atom. The van der Waals surface area contributed by atoms with Gasteiger partial charge in [-0.25, -0.2) is 14.7 Å². The number of aryl methyl sites for hydroxylation is 1. The molecule has 1 aliphatic rings. The van der Waals surface area contributed by atoms with E-state index >= 15 is 0 Å². The first-order chi connectivity index (χ1) is 18.0. The minimum atomic E-state index is -0.587. The fraction of sp³-hybridized carbons (Fsp3) is 0.321. The summed E-state index contributed by atoms with van der Waals surface area (Å²) in [4.78, 5) is 33.5. The number of benzene rings is 2. The maximum absolute atomic E-state index is 13.5. The van der Waals surface area contributed by atoms with E-state index in [9.17, 15) is 9.59 Å². The molecule has 2 amide bonds. The summed E-state index contributed by atoms with van der Waals surface area (Å²) in [5, 5.41) is 3.11. The number of methoxy groups -OCH3 is 1. The topological polar surface area (TPSA) is 93.2 Å². The molecule has 2 aromatic carbocycles. The lowest BCUT2D eigenvalue weighted by atomic mass is 10.1. The van der Waals surface area contributed by atoms with E-state index in [0.717, 1.165) is 30.4 Å². The number of pyridine rings is 1. The number of amides is 2. The van der Waals surface area contributed by atoms with Crippen LogP contribution in [-0.4, -0.2) is 50.9 Å². The van der Waals surface area contributed by atoms with Crippen molar-refractivity contribution in [2.45, 2.75) is 32.4 Å². The fourth-order valence-electron chi connectivity index (χ4n) is 4.37. The van der Waals surface area contributed by atoms with Crippen LogP contribution in [-0.2, 0) is 20.9 Å². The van der Waals surface area contributed by atoms with Crippen LogP contribution in [0.2, 0.25) is 0 Å². The molecule has 0 saturated carbocycles. The van der Waals surface area contributed by atoms with Gasteiger partial charge in [-0.2, -0.15) is 0 Å². The highest BCUT2D eigenvalue weighted by molar-refractivity contribution is 5.97. The van der Waals surface area contributed by atoms with Crippen LogP contribution >= 0.6 is 0 Å². The first-order valence-electron chi connectivity index (χ1n) is 12.2. The monoisotopic (exact) mass is 504 g/mol. The summed E-state index contributed by atoms with van der Waals surface area (Å²) in [7, 11) is 3.36. The van der Waals surface area contributed by atoms with Gasteiger partial charge in [-0.1, -0.05) is 30.3 Å².